The molecule has 0 radical (unpaired) electrons. The summed E-state index contributed by atoms with van der Waals surface area (Å²) in [4.78, 5) is 12.6. The first-order valence-electron chi connectivity index (χ1n) is 7.96. The monoisotopic (exact) mass is 364 g/mol. The average Bonchev–Trinajstić information content (AvgIpc) is 2.51. The minimum Gasteiger partial charge on any atom is -0.345 e. The Kier molecular flexibility index (Phi) is 6.67. The van der Waals surface area contributed by atoms with Gasteiger partial charge in [-0.1, -0.05) is 61.0 Å². The van der Waals surface area contributed by atoms with E-state index >= 15 is 0 Å². The molecule has 1 heterocycles. The molecule has 2 aromatic carbocycles. The minimum absolute atomic E-state index is 0. The summed E-state index contributed by atoms with van der Waals surface area (Å²) in [6.07, 6.45) is 0. The van der Waals surface area contributed by atoms with Gasteiger partial charge in [0.2, 0.25) is 5.91 Å². The third kappa shape index (κ3) is 4.29. The van der Waals surface area contributed by atoms with E-state index in [1.807, 2.05) is 61.5 Å². The lowest BCUT2D eigenvalue weighted by molar-refractivity contribution is -0.127. The molecule has 24 heavy (non-hydrogen) atoms. The molecule has 1 amide bonds. The number of carbonyl (C=O) groups excluding carboxylic acids is 1. The predicted molar refractivity (Wildman–Crippen MR) is 101 cm³/mol. The maximum absolute atomic E-state index is 12.6. The Morgan fingerprint density at radius 3 is 2.38 bits per heavy atom. The summed E-state index contributed by atoms with van der Waals surface area (Å²) in [6, 6.07) is 17.5. The molecule has 1 fully saturated rings. The predicted octanol–water partition coefficient (Wildman–Crippen LogP) is 3.82. The van der Waals surface area contributed by atoms with Crippen molar-refractivity contribution < 1.29 is 4.79 Å². The third-order valence-corrected chi connectivity index (χ3v) is 4.77. The number of rotatable bonds is 5. The van der Waals surface area contributed by atoms with E-state index in [1.54, 1.807) is 0 Å². The highest BCUT2D eigenvalue weighted by atomic mass is 35.5. The summed E-state index contributed by atoms with van der Waals surface area (Å²) < 4.78 is 0. The fraction of sp³-hybridized carbons (Fsp3) is 0.316. The molecule has 2 atom stereocenters. The lowest BCUT2D eigenvalue weighted by Gasteiger charge is -2.33. The van der Waals surface area contributed by atoms with Crippen LogP contribution in [0.3, 0.4) is 0 Å². The highest BCUT2D eigenvalue weighted by Gasteiger charge is 2.30. The molecule has 0 aliphatic carbocycles. The van der Waals surface area contributed by atoms with E-state index in [1.165, 1.54) is 0 Å². The fourth-order valence-corrected chi connectivity index (χ4v) is 3.04. The van der Waals surface area contributed by atoms with Crippen molar-refractivity contribution in [3.8, 4) is 0 Å². The smallest absolute Gasteiger partial charge is 0.223 e. The van der Waals surface area contributed by atoms with Gasteiger partial charge in [-0.05, 0) is 42.3 Å². The summed E-state index contributed by atoms with van der Waals surface area (Å²) in [5, 5.41) is 7.10. The van der Waals surface area contributed by atoms with E-state index in [-0.39, 0.29) is 30.3 Å². The molecule has 128 valence electrons. The second kappa shape index (κ2) is 8.52. The zero-order valence-corrected chi connectivity index (χ0v) is 15.1. The van der Waals surface area contributed by atoms with Crippen LogP contribution in [0, 0.1) is 11.8 Å². The molecule has 3 rings (SSSR count). The van der Waals surface area contributed by atoms with Gasteiger partial charge < -0.3 is 10.6 Å². The van der Waals surface area contributed by atoms with Crippen LogP contribution in [0.25, 0.3) is 0 Å². The van der Waals surface area contributed by atoms with Gasteiger partial charge >= 0.3 is 0 Å². The van der Waals surface area contributed by atoms with Gasteiger partial charge in [-0.15, -0.1) is 12.4 Å². The Balaban J connectivity index is 0.00000208. The molecule has 1 aliphatic heterocycles. The zero-order valence-electron chi connectivity index (χ0n) is 13.5. The topological polar surface area (TPSA) is 41.1 Å². The fourth-order valence-electron chi connectivity index (χ4n) is 2.84. The zero-order chi connectivity index (χ0) is 16.2. The van der Waals surface area contributed by atoms with Gasteiger partial charge in [-0.2, -0.15) is 0 Å². The summed E-state index contributed by atoms with van der Waals surface area (Å²) >= 11 is 6.14. The lowest BCUT2D eigenvalue weighted by Crippen LogP contribution is -2.50. The highest BCUT2D eigenvalue weighted by Crippen LogP contribution is 2.26. The first-order valence-corrected chi connectivity index (χ1v) is 8.34. The Labute approximate surface area is 154 Å². The Morgan fingerprint density at radius 1 is 1.12 bits per heavy atom. The van der Waals surface area contributed by atoms with E-state index < -0.39 is 0 Å². The molecule has 0 bridgehead atoms. The highest BCUT2D eigenvalue weighted by molar-refractivity contribution is 6.30. The van der Waals surface area contributed by atoms with E-state index in [0.29, 0.717) is 10.9 Å². The molecule has 0 aromatic heterocycles. The summed E-state index contributed by atoms with van der Waals surface area (Å²) in [5.74, 6) is 0.512. The number of nitrogens with one attached hydrogen (secondary N) is 2. The maximum atomic E-state index is 12.6. The number of hydrogen-bond acceptors (Lipinski definition) is 2. The molecule has 3 nitrogen and oxygen atoms in total. The Hall–Kier alpha value is -1.55. The summed E-state index contributed by atoms with van der Waals surface area (Å²) in [5.41, 5.74) is 2.05. The van der Waals surface area contributed by atoms with Crippen LogP contribution in [0.5, 0.6) is 0 Å². The van der Waals surface area contributed by atoms with Crippen LogP contribution in [0.2, 0.25) is 5.02 Å². The number of hydrogen-bond donors (Lipinski definition) is 2. The maximum Gasteiger partial charge on any atom is 0.223 e. The molecule has 2 unspecified atom stereocenters. The van der Waals surface area contributed by atoms with Crippen molar-refractivity contribution in [2.24, 2.45) is 11.8 Å². The van der Waals surface area contributed by atoms with Crippen molar-refractivity contribution in [3.63, 3.8) is 0 Å². The van der Waals surface area contributed by atoms with Crippen LogP contribution < -0.4 is 10.6 Å². The molecular formula is C19H22Cl2N2O. The number of benzene rings is 2. The SMILES string of the molecule is CC(C(=O)NC(c1ccccc1)c1cccc(Cl)c1)C1CNC1.Cl. The lowest BCUT2D eigenvalue weighted by atomic mass is 9.87. The van der Waals surface area contributed by atoms with E-state index in [2.05, 4.69) is 10.6 Å². The molecule has 0 saturated carbocycles. The number of amides is 1. The second-order valence-electron chi connectivity index (χ2n) is 6.11. The summed E-state index contributed by atoms with van der Waals surface area (Å²) in [6.45, 7) is 3.84. The Bertz CT molecular complexity index is 674. The van der Waals surface area contributed by atoms with Crippen molar-refractivity contribution in [1.29, 1.82) is 0 Å². The normalized spacial score (nSPS) is 16.4. The van der Waals surface area contributed by atoms with Crippen LogP contribution in [-0.2, 0) is 4.79 Å². The van der Waals surface area contributed by atoms with Gasteiger partial charge in [0, 0.05) is 10.9 Å². The minimum atomic E-state index is -0.183. The van der Waals surface area contributed by atoms with Gasteiger partial charge in [-0.3, -0.25) is 4.79 Å². The van der Waals surface area contributed by atoms with Crippen LogP contribution >= 0.6 is 24.0 Å². The third-order valence-electron chi connectivity index (χ3n) is 4.54. The number of halogens is 2. The van der Waals surface area contributed by atoms with Gasteiger partial charge in [0.25, 0.3) is 0 Å². The average molecular weight is 365 g/mol. The van der Waals surface area contributed by atoms with Crippen LogP contribution in [0.4, 0.5) is 0 Å². The van der Waals surface area contributed by atoms with Crippen molar-refractivity contribution in [2.75, 3.05) is 13.1 Å². The standard InChI is InChI=1S/C19H21ClN2O.ClH/c1-13(16-11-21-12-16)19(23)22-18(14-6-3-2-4-7-14)15-8-5-9-17(20)10-15;/h2-10,13,16,18,21H,11-12H2,1H3,(H,22,23);1H. The van der Waals surface area contributed by atoms with Crippen molar-refractivity contribution in [1.82, 2.24) is 10.6 Å². The quantitative estimate of drug-likeness (QED) is 0.846. The second-order valence-corrected chi connectivity index (χ2v) is 6.55. The molecular weight excluding hydrogens is 343 g/mol. The Morgan fingerprint density at radius 2 is 1.79 bits per heavy atom. The molecule has 2 aromatic rings. The van der Waals surface area contributed by atoms with E-state index in [9.17, 15) is 4.79 Å². The van der Waals surface area contributed by atoms with Crippen molar-refractivity contribution >= 4 is 29.9 Å². The first kappa shape index (κ1) is 18.8. The summed E-state index contributed by atoms with van der Waals surface area (Å²) in [7, 11) is 0. The molecule has 5 heteroatoms. The largest absolute Gasteiger partial charge is 0.345 e. The van der Waals surface area contributed by atoms with Gasteiger partial charge in [0.1, 0.15) is 0 Å². The van der Waals surface area contributed by atoms with E-state index in [4.69, 9.17) is 11.6 Å². The van der Waals surface area contributed by atoms with Gasteiger partial charge in [0.15, 0.2) is 0 Å². The van der Waals surface area contributed by atoms with Crippen LogP contribution in [-0.4, -0.2) is 19.0 Å². The van der Waals surface area contributed by atoms with Crippen LogP contribution in [0.1, 0.15) is 24.1 Å². The molecule has 1 aliphatic rings. The van der Waals surface area contributed by atoms with Gasteiger partial charge in [-0.25, -0.2) is 0 Å². The molecule has 0 spiro atoms. The molecule has 2 N–H and O–H groups in total. The van der Waals surface area contributed by atoms with E-state index in [0.717, 1.165) is 24.2 Å². The van der Waals surface area contributed by atoms with Crippen molar-refractivity contribution in [2.45, 2.75) is 13.0 Å². The van der Waals surface area contributed by atoms with Crippen LogP contribution in [0.15, 0.2) is 54.6 Å². The van der Waals surface area contributed by atoms with Gasteiger partial charge in [0.05, 0.1) is 6.04 Å². The van der Waals surface area contributed by atoms with Crippen molar-refractivity contribution in [3.05, 3.63) is 70.7 Å². The molecule has 1 saturated heterocycles. The first-order chi connectivity index (χ1) is 11.1. The number of carbonyl (C=O) groups is 1.